The van der Waals surface area contributed by atoms with Gasteiger partial charge in [0.15, 0.2) is 16.7 Å². The first-order chi connectivity index (χ1) is 15.8. The summed E-state index contributed by atoms with van der Waals surface area (Å²) >= 11 is 0.940. The van der Waals surface area contributed by atoms with E-state index in [1.807, 2.05) is 0 Å². The summed E-state index contributed by atoms with van der Waals surface area (Å²) in [6.45, 7) is 0. The molecule has 3 aromatic carbocycles. The monoisotopic (exact) mass is 466 g/mol. The zero-order chi connectivity index (χ0) is 23.3. The van der Waals surface area contributed by atoms with Gasteiger partial charge in [0.05, 0.1) is 15.8 Å². The molecule has 1 aromatic heterocycles. The number of hydrogen-bond acceptors (Lipinski definition) is 5. The van der Waals surface area contributed by atoms with E-state index in [0.717, 1.165) is 28.4 Å². The van der Waals surface area contributed by atoms with Crippen LogP contribution in [0.2, 0.25) is 0 Å². The Kier molecular flexibility index (Phi) is 4.98. The number of hydrogen-bond donors (Lipinski definition) is 1. The first-order valence-corrected chi connectivity index (χ1v) is 10.5. The van der Waals surface area contributed by atoms with Gasteiger partial charge >= 0.3 is 0 Å². The van der Waals surface area contributed by atoms with E-state index in [1.165, 1.54) is 30.3 Å². The lowest BCUT2D eigenvalue weighted by atomic mass is 9.92. The Morgan fingerprint density at radius 1 is 0.970 bits per heavy atom. The van der Waals surface area contributed by atoms with Crippen LogP contribution in [0.25, 0.3) is 10.2 Å². The zero-order valence-electron chi connectivity index (χ0n) is 16.6. The van der Waals surface area contributed by atoms with Gasteiger partial charge in [-0.2, -0.15) is 0 Å². The van der Waals surface area contributed by atoms with Gasteiger partial charge in [-0.15, -0.1) is 0 Å². The number of thiazole rings is 1. The number of benzene rings is 3. The van der Waals surface area contributed by atoms with Crippen molar-refractivity contribution in [3.05, 3.63) is 107 Å². The number of carbonyl (C=O) groups excluding carboxylic acids is 2. The van der Waals surface area contributed by atoms with Crippen molar-refractivity contribution in [2.75, 3.05) is 4.90 Å². The third-order valence-electron chi connectivity index (χ3n) is 5.29. The predicted octanol–water partition coefficient (Wildman–Crippen LogP) is 5.50. The molecule has 5 rings (SSSR count). The molecule has 1 amide bonds. The number of aliphatic hydroxyl groups is 1. The maximum Gasteiger partial charge on any atom is 0.296 e. The summed E-state index contributed by atoms with van der Waals surface area (Å²) in [6, 6.07) is 13.1. The van der Waals surface area contributed by atoms with Gasteiger partial charge < -0.3 is 5.11 Å². The molecule has 0 fully saturated rings. The lowest BCUT2D eigenvalue weighted by Gasteiger charge is -2.24. The molecule has 1 aliphatic rings. The molecule has 0 bridgehead atoms. The van der Waals surface area contributed by atoms with Crippen LogP contribution >= 0.6 is 11.3 Å². The average molecular weight is 466 g/mol. The van der Waals surface area contributed by atoms with Crippen molar-refractivity contribution in [1.29, 1.82) is 0 Å². The summed E-state index contributed by atoms with van der Waals surface area (Å²) in [4.78, 5) is 31.7. The third kappa shape index (κ3) is 3.46. The summed E-state index contributed by atoms with van der Waals surface area (Å²) in [5, 5.41) is 10.7. The Hall–Kier alpha value is -3.98. The van der Waals surface area contributed by atoms with Crippen molar-refractivity contribution in [3.8, 4) is 0 Å². The number of carbonyl (C=O) groups is 2. The van der Waals surface area contributed by atoms with Crippen LogP contribution in [0, 0.1) is 17.5 Å². The van der Waals surface area contributed by atoms with Crippen LogP contribution < -0.4 is 4.90 Å². The maximum atomic E-state index is 14.9. The van der Waals surface area contributed by atoms with Gasteiger partial charge in [0.25, 0.3) is 5.91 Å². The molecule has 33 heavy (non-hydrogen) atoms. The zero-order valence-corrected chi connectivity index (χ0v) is 17.4. The molecule has 1 N–H and O–H groups in total. The van der Waals surface area contributed by atoms with Crippen molar-refractivity contribution < 1.29 is 27.9 Å². The van der Waals surface area contributed by atoms with E-state index >= 15 is 0 Å². The van der Waals surface area contributed by atoms with Crippen molar-refractivity contribution in [1.82, 2.24) is 4.98 Å². The Balaban J connectivity index is 1.71. The molecule has 0 spiro atoms. The number of fused-ring (bicyclic) bond motifs is 1. The Bertz CT molecular complexity index is 1470. The minimum absolute atomic E-state index is 0.0248. The van der Waals surface area contributed by atoms with E-state index in [9.17, 15) is 27.9 Å². The van der Waals surface area contributed by atoms with Gasteiger partial charge in [0, 0.05) is 17.2 Å². The molecule has 0 saturated carbocycles. The largest absolute Gasteiger partial charge is 0.503 e. The molecule has 0 aliphatic carbocycles. The summed E-state index contributed by atoms with van der Waals surface area (Å²) in [5.41, 5.74) is -0.00175. The van der Waals surface area contributed by atoms with E-state index in [2.05, 4.69) is 4.98 Å². The molecule has 164 valence electrons. The maximum absolute atomic E-state index is 14.9. The molecule has 1 atom stereocenters. The van der Waals surface area contributed by atoms with Gasteiger partial charge in [0.2, 0.25) is 0 Å². The van der Waals surface area contributed by atoms with Crippen LogP contribution in [-0.4, -0.2) is 21.8 Å². The lowest BCUT2D eigenvalue weighted by molar-refractivity contribution is -0.117. The second-order valence-corrected chi connectivity index (χ2v) is 8.32. The van der Waals surface area contributed by atoms with E-state index < -0.39 is 40.9 Å². The van der Waals surface area contributed by atoms with Crippen LogP contribution in [0.5, 0.6) is 0 Å². The van der Waals surface area contributed by atoms with Crippen LogP contribution in [0.15, 0.2) is 78.1 Å². The average Bonchev–Trinajstić information content (AvgIpc) is 3.32. The minimum atomic E-state index is -1.41. The predicted molar refractivity (Wildman–Crippen MR) is 117 cm³/mol. The lowest BCUT2D eigenvalue weighted by Crippen LogP contribution is -2.31. The standard InChI is InChI=1S/C24H13F3N2O3S/c25-13-6-8-15(16(27)10-13)20-19(21(30)12-4-2-1-3-5-12)22(31)23(32)29(20)24-28-17-9-7-14(26)11-18(17)33-24/h1-11,20,31H. The topological polar surface area (TPSA) is 70.5 Å². The van der Waals surface area contributed by atoms with E-state index in [4.69, 9.17) is 0 Å². The van der Waals surface area contributed by atoms with Crippen LogP contribution in [0.1, 0.15) is 22.0 Å². The molecule has 9 heteroatoms. The van der Waals surface area contributed by atoms with Gasteiger partial charge in [-0.25, -0.2) is 18.2 Å². The minimum Gasteiger partial charge on any atom is -0.503 e. The fraction of sp³-hybridized carbons (Fsp3) is 0.0417. The highest BCUT2D eigenvalue weighted by molar-refractivity contribution is 7.22. The molecule has 1 aliphatic heterocycles. The summed E-state index contributed by atoms with van der Waals surface area (Å²) in [5.74, 6) is -4.87. The fourth-order valence-electron chi connectivity index (χ4n) is 3.79. The molecule has 0 saturated heterocycles. The van der Waals surface area contributed by atoms with Crippen LogP contribution in [-0.2, 0) is 4.79 Å². The van der Waals surface area contributed by atoms with Crippen molar-refractivity contribution in [2.45, 2.75) is 6.04 Å². The molecule has 2 heterocycles. The normalized spacial score (nSPS) is 16.2. The number of aliphatic hydroxyl groups excluding tert-OH is 1. The number of aromatic nitrogens is 1. The molecule has 0 radical (unpaired) electrons. The second-order valence-electron chi connectivity index (χ2n) is 7.31. The number of halogens is 3. The third-order valence-corrected chi connectivity index (χ3v) is 6.31. The number of rotatable bonds is 4. The summed E-state index contributed by atoms with van der Waals surface area (Å²) in [7, 11) is 0. The number of nitrogens with zero attached hydrogens (tertiary/aromatic N) is 2. The molecular weight excluding hydrogens is 453 g/mol. The molecule has 4 aromatic rings. The highest BCUT2D eigenvalue weighted by atomic mass is 32.1. The van der Waals surface area contributed by atoms with Gasteiger partial charge in [0.1, 0.15) is 23.5 Å². The fourth-order valence-corrected chi connectivity index (χ4v) is 4.80. The first-order valence-electron chi connectivity index (χ1n) is 9.72. The Labute approximate surface area is 189 Å². The van der Waals surface area contributed by atoms with E-state index in [-0.39, 0.29) is 21.8 Å². The Morgan fingerprint density at radius 3 is 2.39 bits per heavy atom. The van der Waals surface area contributed by atoms with Crippen molar-refractivity contribution >= 4 is 38.4 Å². The highest BCUT2D eigenvalue weighted by Crippen LogP contribution is 2.44. The van der Waals surface area contributed by atoms with Crippen LogP contribution in [0.4, 0.5) is 18.3 Å². The number of Topliss-reactive ketones (excluding diaryl/α,β-unsaturated/α-hetero) is 1. The van der Waals surface area contributed by atoms with Crippen molar-refractivity contribution in [3.63, 3.8) is 0 Å². The number of anilines is 1. The highest BCUT2D eigenvalue weighted by Gasteiger charge is 2.46. The molecule has 1 unspecified atom stereocenters. The molecule has 5 nitrogen and oxygen atoms in total. The summed E-state index contributed by atoms with van der Waals surface area (Å²) in [6.07, 6.45) is 0. The smallest absolute Gasteiger partial charge is 0.296 e. The van der Waals surface area contributed by atoms with Gasteiger partial charge in [-0.1, -0.05) is 47.7 Å². The van der Waals surface area contributed by atoms with Gasteiger partial charge in [-0.3, -0.25) is 14.5 Å². The Morgan fingerprint density at radius 2 is 1.67 bits per heavy atom. The van der Waals surface area contributed by atoms with Gasteiger partial charge in [-0.05, 0) is 24.3 Å². The number of amides is 1. The number of ketones is 1. The van der Waals surface area contributed by atoms with E-state index in [1.54, 1.807) is 18.2 Å². The quantitative estimate of drug-likeness (QED) is 0.404. The SMILES string of the molecule is O=C(C1=C(O)C(=O)N(c2nc3ccc(F)cc3s2)C1c1ccc(F)cc1F)c1ccccc1. The second kappa shape index (κ2) is 7.86. The van der Waals surface area contributed by atoms with Crippen molar-refractivity contribution in [2.24, 2.45) is 0 Å². The van der Waals surface area contributed by atoms with E-state index in [0.29, 0.717) is 16.3 Å². The first kappa shape index (κ1) is 20.9. The summed E-state index contributed by atoms with van der Waals surface area (Å²) < 4.78 is 42.6. The molecular formula is C24H13F3N2O3S. The van der Waals surface area contributed by atoms with Crippen LogP contribution in [0.3, 0.4) is 0 Å².